The summed E-state index contributed by atoms with van der Waals surface area (Å²) in [6.07, 6.45) is 0. The van der Waals surface area contributed by atoms with Gasteiger partial charge in [0.25, 0.3) is 0 Å². The quantitative estimate of drug-likeness (QED) is 0.341. The van der Waals surface area contributed by atoms with Crippen LogP contribution in [0.25, 0.3) is 11.0 Å². The molecule has 0 atom stereocenters. The van der Waals surface area contributed by atoms with Crippen LogP contribution in [0.15, 0.2) is 22.3 Å². The van der Waals surface area contributed by atoms with Crippen LogP contribution in [0.1, 0.15) is 11.3 Å². The molecule has 0 saturated heterocycles. The van der Waals surface area contributed by atoms with Crippen molar-refractivity contribution in [2.24, 2.45) is 0 Å². The van der Waals surface area contributed by atoms with Gasteiger partial charge in [0.15, 0.2) is 5.58 Å². The Morgan fingerprint density at radius 3 is 1.93 bits per heavy atom. The van der Waals surface area contributed by atoms with Gasteiger partial charge < -0.3 is 4.42 Å². The molecular formula is C10H6Br4O. The molecule has 5 heteroatoms. The second-order valence-electron chi connectivity index (χ2n) is 3.24. The maximum absolute atomic E-state index is 5.72. The average molecular weight is 462 g/mol. The van der Waals surface area contributed by atoms with E-state index >= 15 is 0 Å². The zero-order valence-corrected chi connectivity index (χ0v) is 14.3. The Hall–Kier alpha value is 0.680. The topological polar surface area (TPSA) is 13.1 Å². The fourth-order valence-electron chi connectivity index (χ4n) is 1.45. The Bertz CT molecular complexity index is 557. The largest absolute Gasteiger partial charge is 0.460 e. The minimum Gasteiger partial charge on any atom is -0.460 e. The zero-order valence-electron chi connectivity index (χ0n) is 7.92. The molecule has 0 fully saturated rings. The zero-order chi connectivity index (χ0) is 11.3. The average Bonchev–Trinajstić information content (AvgIpc) is 2.50. The van der Waals surface area contributed by atoms with Crippen molar-refractivity contribution in [3.63, 3.8) is 0 Å². The number of hydrogen-bond acceptors (Lipinski definition) is 1. The molecule has 0 spiro atoms. The molecule has 0 aliphatic carbocycles. The lowest BCUT2D eigenvalue weighted by Gasteiger charge is -2.04. The van der Waals surface area contributed by atoms with Crippen molar-refractivity contribution in [1.82, 2.24) is 0 Å². The Morgan fingerprint density at radius 1 is 0.800 bits per heavy atom. The maximum Gasteiger partial charge on any atom is 0.151 e. The third-order valence-corrected chi connectivity index (χ3v) is 7.11. The molecule has 1 aromatic carbocycles. The van der Waals surface area contributed by atoms with E-state index in [4.69, 9.17) is 4.42 Å². The highest BCUT2D eigenvalue weighted by molar-refractivity contribution is 9.15. The number of rotatable bonds is 0. The SMILES string of the molecule is Cc1oc2c(Br)c(Br)c(Br)c(Br)c2c1C. The van der Waals surface area contributed by atoms with Crippen molar-refractivity contribution < 1.29 is 4.42 Å². The molecule has 0 amide bonds. The van der Waals surface area contributed by atoms with Gasteiger partial charge in [0.2, 0.25) is 0 Å². The van der Waals surface area contributed by atoms with Crippen LogP contribution >= 0.6 is 63.7 Å². The Balaban J connectivity index is 3.07. The predicted octanol–water partition coefficient (Wildman–Crippen LogP) is 6.10. The van der Waals surface area contributed by atoms with Gasteiger partial charge in [-0.15, -0.1) is 0 Å². The second kappa shape index (κ2) is 4.17. The maximum atomic E-state index is 5.72. The molecule has 80 valence electrons. The Kier molecular flexibility index (Phi) is 3.37. The van der Waals surface area contributed by atoms with Gasteiger partial charge in [-0.2, -0.15) is 0 Å². The van der Waals surface area contributed by atoms with Crippen molar-refractivity contribution in [3.8, 4) is 0 Å². The first-order chi connectivity index (χ1) is 6.95. The van der Waals surface area contributed by atoms with Crippen molar-refractivity contribution in [2.75, 3.05) is 0 Å². The van der Waals surface area contributed by atoms with Crippen molar-refractivity contribution in [3.05, 3.63) is 29.2 Å². The normalized spacial score (nSPS) is 11.3. The Morgan fingerprint density at radius 2 is 1.33 bits per heavy atom. The molecular weight excluding hydrogens is 456 g/mol. The third kappa shape index (κ3) is 1.75. The van der Waals surface area contributed by atoms with E-state index in [-0.39, 0.29) is 0 Å². The first-order valence-electron chi connectivity index (χ1n) is 4.16. The van der Waals surface area contributed by atoms with Gasteiger partial charge in [-0.05, 0) is 83.1 Å². The van der Waals surface area contributed by atoms with E-state index in [2.05, 4.69) is 70.6 Å². The van der Waals surface area contributed by atoms with Crippen LogP contribution in [0, 0.1) is 13.8 Å². The van der Waals surface area contributed by atoms with Crippen LogP contribution in [-0.2, 0) is 0 Å². The molecule has 1 nitrogen and oxygen atoms in total. The summed E-state index contributed by atoms with van der Waals surface area (Å²) in [5, 5.41) is 1.11. The summed E-state index contributed by atoms with van der Waals surface area (Å²) < 4.78 is 9.61. The number of hydrogen-bond donors (Lipinski definition) is 0. The second-order valence-corrected chi connectivity index (χ2v) is 6.42. The number of furan rings is 1. The number of aryl methyl sites for hydroxylation is 2. The molecule has 2 rings (SSSR count). The van der Waals surface area contributed by atoms with Crippen molar-refractivity contribution in [1.29, 1.82) is 0 Å². The van der Waals surface area contributed by atoms with Crippen LogP contribution in [-0.4, -0.2) is 0 Å². The predicted molar refractivity (Wildman–Crippen MR) is 76.5 cm³/mol. The highest BCUT2D eigenvalue weighted by atomic mass is 79.9. The van der Waals surface area contributed by atoms with Crippen LogP contribution < -0.4 is 0 Å². The van der Waals surface area contributed by atoms with E-state index in [1.54, 1.807) is 0 Å². The lowest BCUT2D eigenvalue weighted by atomic mass is 10.1. The molecule has 0 aliphatic rings. The minimum atomic E-state index is 0.868. The monoisotopic (exact) mass is 458 g/mol. The van der Waals surface area contributed by atoms with Gasteiger partial charge in [0.1, 0.15) is 5.76 Å². The molecule has 0 aliphatic heterocycles. The molecule has 2 aromatic rings. The summed E-state index contributed by atoms with van der Waals surface area (Å²) in [7, 11) is 0. The van der Waals surface area contributed by atoms with Crippen LogP contribution in [0.3, 0.4) is 0 Å². The van der Waals surface area contributed by atoms with Crippen LogP contribution in [0.2, 0.25) is 0 Å². The summed E-state index contributed by atoms with van der Waals surface area (Å²) in [5.74, 6) is 0.941. The van der Waals surface area contributed by atoms with Gasteiger partial charge in [0.05, 0.1) is 8.95 Å². The smallest absolute Gasteiger partial charge is 0.151 e. The first-order valence-corrected chi connectivity index (χ1v) is 7.34. The van der Waals surface area contributed by atoms with Gasteiger partial charge in [-0.1, -0.05) is 0 Å². The lowest BCUT2D eigenvalue weighted by Crippen LogP contribution is -1.80. The molecule has 0 bridgehead atoms. The highest BCUT2D eigenvalue weighted by Crippen LogP contribution is 2.45. The highest BCUT2D eigenvalue weighted by Gasteiger charge is 2.19. The van der Waals surface area contributed by atoms with Gasteiger partial charge in [-0.25, -0.2) is 0 Å². The van der Waals surface area contributed by atoms with E-state index in [0.717, 1.165) is 40.2 Å². The summed E-state index contributed by atoms with van der Waals surface area (Å²) in [6.45, 7) is 4.02. The fourth-order valence-corrected chi connectivity index (χ4v) is 3.91. The molecule has 1 aromatic heterocycles. The minimum absolute atomic E-state index is 0.868. The first kappa shape index (κ1) is 12.1. The van der Waals surface area contributed by atoms with Gasteiger partial charge >= 0.3 is 0 Å². The standard InChI is InChI=1S/C10H6Br4O/c1-3-4(2)15-10-5(3)6(11)7(12)8(13)9(10)14/h1-2H3. The number of fused-ring (bicyclic) bond motifs is 1. The van der Waals surface area contributed by atoms with E-state index in [1.807, 2.05) is 6.92 Å². The van der Waals surface area contributed by atoms with E-state index in [9.17, 15) is 0 Å². The summed E-state index contributed by atoms with van der Waals surface area (Å²) in [5.41, 5.74) is 2.03. The van der Waals surface area contributed by atoms with E-state index in [0.29, 0.717) is 0 Å². The number of benzene rings is 1. The molecule has 0 radical (unpaired) electrons. The van der Waals surface area contributed by atoms with Gasteiger partial charge in [0, 0.05) is 14.3 Å². The summed E-state index contributed by atoms with van der Waals surface area (Å²) in [4.78, 5) is 0. The van der Waals surface area contributed by atoms with E-state index in [1.165, 1.54) is 0 Å². The van der Waals surface area contributed by atoms with Crippen LogP contribution in [0.5, 0.6) is 0 Å². The molecule has 0 N–H and O–H groups in total. The number of halogens is 4. The molecule has 0 unspecified atom stereocenters. The van der Waals surface area contributed by atoms with Gasteiger partial charge in [-0.3, -0.25) is 0 Å². The summed E-state index contributed by atoms with van der Waals surface area (Å²) in [6, 6.07) is 0. The third-order valence-electron chi connectivity index (χ3n) is 2.38. The molecule has 1 heterocycles. The van der Waals surface area contributed by atoms with Crippen LogP contribution in [0.4, 0.5) is 0 Å². The lowest BCUT2D eigenvalue weighted by molar-refractivity contribution is 0.573. The molecule has 15 heavy (non-hydrogen) atoms. The van der Waals surface area contributed by atoms with Crippen molar-refractivity contribution in [2.45, 2.75) is 13.8 Å². The molecule has 0 saturated carbocycles. The summed E-state index contributed by atoms with van der Waals surface area (Å²) >= 11 is 14.1. The van der Waals surface area contributed by atoms with E-state index < -0.39 is 0 Å². The Labute approximate surface area is 121 Å². The van der Waals surface area contributed by atoms with Crippen molar-refractivity contribution >= 4 is 74.7 Å². The fraction of sp³-hybridized carbons (Fsp3) is 0.200.